The summed E-state index contributed by atoms with van der Waals surface area (Å²) < 4.78 is 30.0. The van der Waals surface area contributed by atoms with Gasteiger partial charge in [0.05, 0.1) is 18.8 Å². The minimum atomic E-state index is -3.45. The molecule has 0 saturated heterocycles. The molecular formula is C9H19NO5S. The zero-order valence-corrected chi connectivity index (χ0v) is 10.4. The summed E-state index contributed by atoms with van der Waals surface area (Å²) in [5, 5.41) is 8.62. The third-order valence-corrected chi connectivity index (χ3v) is 3.36. The highest BCUT2D eigenvalue weighted by Gasteiger charge is 2.19. The lowest BCUT2D eigenvalue weighted by atomic mass is 10.1. The second-order valence-corrected chi connectivity index (χ2v) is 5.39. The van der Waals surface area contributed by atoms with Gasteiger partial charge in [0.1, 0.15) is 0 Å². The van der Waals surface area contributed by atoms with Gasteiger partial charge in [-0.3, -0.25) is 4.79 Å². The first kappa shape index (κ1) is 15.3. The van der Waals surface area contributed by atoms with E-state index in [1.165, 1.54) is 7.11 Å². The van der Waals surface area contributed by atoms with Crippen molar-refractivity contribution < 1.29 is 23.1 Å². The number of carboxylic acid groups (broad SMARTS) is 1. The Balaban J connectivity index is 4.31. The van der Waals surface area contributed by atoms with Crippen LogP contribution in [0.2, 0.25) is 0 Å². The molecule has 2 N–H and O–H groups in total. The molecule has 0 fully saturated rings. The number of nitrogens with one attached hydrogen (secondary N) is 1. The van der Waals surface area contributed by atoms with E-state index in [2.05, 4.69) is 9.46 Å². The Hall–Kier alpha value is -0.660. The zero-order chi connectivity index (χ0) is 12.6. The number of sulfonamides is 1. The van der Waals surface area contributed by atoms with E-state index in [1.807, 2.05) is 6.92 Å². The van der Waals surface area contributed by atoms with Crippen molar-refractivity contribution in [2.24, 2.45) is 0 Å². The number of ether oxygens (including phenoxy) is 1. The van der Waals surface area contributed by atoms with Crippen LogP contribution < -0.4 is 4.72 Å². The molecule has 0 aliphatic heterocycles. The summed E-state index contributed by atoms with van der Waals surface area (Å²) in [5.74, 6) is -1.16. The fourth-order valence-electron chi connectivity index (χ4n) is 1.27. The van der Waals surface area contributed by atoms with Gasteiger partial charge in [-0.15, -0.1) is 0 Å². The van der Waals surface area contributed by atoms with Crippen LogP contribution in [0.25, 0.3) is 0 Å². The van der Waals surface area contributed by atoms with Gasteiger partial charge in [-0.25, -0.2) is 13.1 Å². The molecule has 7 heteroatoms. The summed E-state index contributed by atoms with van der Waals surface area (Å²) in [6.07, 6.45) is 1.04. The predicted octanol–water partition coefficient (Wildman–Crippen LogP) is 0.196. The highest BCUT2D eigenvalue weighted by Crippen LogP contribution is 2.04. The number of hydrogen-bond acceptors (Lipinski definition) is 4. The van der Waals surface area contributed by atoms with Gasteiger partial charge in [0.2, 0.25) is 10.0 Å². The summed E-state index contributed by atoms with van der Waals surface area (Å²) >= 11 is 0. The first-order chi connectivity index (χ1) is 7.41. The molecule has 0 rings (SSSR count). The highest BCUT2D eigenvalue weighted by atomic mass is 32.2. The van der Waals surface area contributed by atoms with Gasteiger partial charge in [0.25, 0.3) is 0 Å². The lowest BCUT2D eigenvalue weighted by Gasteiger charge is -2.15. The number of rotatable bonds is 9. The molecule has 0 saturated carbocycles. The van der Waals surface area contributed by atoms with Crippen molar-refractivity contribution in [2.75, 3.05) is 19.5 Å². The molecule has 0 bridgehead atoms. The lowest BCUT2D eigenvalue weighted by Crippen LogP contribution is -2.38. The number of aliphatic carboxylic acids is 1. The fraction of sp³-hybridized carbons (Fsp3) is 0.889. The molecule has 0 radical (unpaired) electrons. The van der Waals surface area contributed by atoms with Crippen molar-refractivity contribution in [3.63, 3.8) is 0 Å². The third kappa shape index (κ3) is 7.61. The van der Waals surface area contributed by atoms with Gasteiger partial charge in [0.15, 0.2) is 0 Å². The van der Waals surface area contributed by atoms with E-state index in [9.17, 15) is 13.2 Å². The van der Waals surface area contributed by atoms with E-state index in [0.29, 0.717) is 6.42 Å². The Labute approximate surface area is 96.0 Å². The maximum atomic E-state index is 11.5. The molecule has 16 heavy (non-hydrogen) atoms. The first-order valence-corrected chi connectivity index (χ1v) is 6.77. The van der Waals surface area contributed by atoms with Gasteiger partial charge < -0.3 is 9.84 Å². The monoisotopic (exact) mass is 253 g/mol. The Kier molecular flexibility index (Phi) is 7.27. The van der Waals surface area contributed by atoms with Gasteiger partial charge in [0, 0.05) is 13.2 Å². The van der Waals surface area contributed by atoms with Crippen LogP contribution >= 0.6 is 0 Å². The normalized spacial score (nSPS) is 13.6. The molecule has 0 aromatic rings. The van der Waals surface area contributed by atoms with E-state index in [1.54, 1.807) is 0 Å². The van der Waals surface area contributed by atoms with Crippen LogP contribution in [-0.2, 0) is 19.6 Å². The zero-order valence-electron chi connectivity index (χ0n) is 9.60. The third-order valence-electron chi connectivity index (χ3n) is 1.96. The number of methoxy groups -OCH3 is 1. The average molecular weight is 253 g/mol. The SMILES string of the molecule is CCCC(CC(=O)O)NS(=O)(=O)CCOC. The molecule has 6 nitrogen and oxygen atoms in total. The Morgan fingerprint density at radius 2 is 2.12 bits per heavy atom. The summed E-state index contributed by atoms with van der Waals surface area (Å²) in [7, 11) is -2.04. The molecular weight excluding hydrogens is 234 g/mol. The van der Waals surface area contributed by atoms with Crippen molar-refractivity contribution in [1.82, 2.24) is 4.72 Å². The van der Waals surface area contributed by atoms with Crippen LogP contribution in [0.4, 0.5) is 0 Å². The molecule has 0 aliphatic rings. The molecule has 0 spiro atoms. The summed E-state index contributed by atoms with van der Waals surface area (Å²) in [4.78, 5) is 10.5. The van der Waals surface area contributed by atoms with Gasteiger partial charge in [-0.1, -0.05) is 13.3 Å². The van der Waals surface area contributed by atoms with Crippen LogP contribution in [0.3, 0.4) is 0 Å². The van der Waals surface area contributed by atoms with E-state index in [4.69, 9.17) is 5.11 Å². The molecule has 1 atom stereocenters. The first-order valence-electron chi connectivity index (χ1n) is 5.12. The molecule has 0 heterocycles. The molecule has 96 valence electrons. The van der Waals surface area contributed by atoms with Gasteiger partial charge >= 0.3 is 5.97 Å². The van der Waals surface area contributed by atoms with Crippen LogP contribution in [0, 0.1) is 0 Å². The average Bonchev–Trinajstić information content (AvgIpc) is 2.13. The minimum absolute atomic E-state index is 0.0985. The van der Waals surface area contributed by atoms with E-state index >= 15 is 0 Å². The van der Waals surface area contributed by atoms with E-state index in [0.717, 1.165) is 6.42 Å². The summed E-state index contributed by atoms with van der Waals surface area (Å²) in [5.41, 5.74) is 0. The number of carboxylic acids is 1. The maximum Gasteiger partial charge on any atom is 0.304 e. The molecule has 0 amide bonds. The molecule has 0 aromatic carbocycles. The molecule has 0 aliphatic carbocycles. The van der Waals surface area contributed by atoms with Crippen LogP contribution in [-0.4, -0.2) is 45.0 Å². The smallest absolute Gasteiger partial charge is 0.304 e. The number of hydrogen-bond donors (Lipinski definition) is 2. The lowest BCUT2D eigenvalue weighted by molar-refractivity contribution is -0.137. The fourth-order valence-corrected chi connectivity index (χ4v) is 2.48. The number of carbonyl (C=O) groups is 1. The van der Waals surface area contributed by atoms with Crippen LogP contribution in [0.15, 0.2) is 0 Å². The maximum absolute atomic E-state index is 11.5. The van der Waals surface area contributed by atoms with E-state index in [-0.39, 0.29) is 18.8 Å². The highest BCUT2D eigenvalue weighted by molar-refractivity contribution is 7.89. The summed E-state index contributed by atoms with van der Waals surface area (Å²) in [6, 6.07) is -0.538. The second kappa shape index (κ2) is 7.59. The van der Waals surface area contributed by atoms with Crippen molar-refractivity contribution in [2.45, 2.75) is 32.2 Å². The second-order valence-electron chi connectivity index (χ2n) is 3.51. The predicted molar refractivity (Wildman–Crippen MR) is 59.7 cm³/mol. The quantitative estimate of drug-likeness (QED) is 0.612. The topological polar surface area (TPSA) is 92.7 Å². The van der Waals surface area contributed by atoms with Crippen LogP contribution in [0.1, 0.15) is 26.2 Å². The van der Waals surface area contributed by atoms with Crippen molar-refractivity contribution in [3.05, 3.63) is 0 Å². The minimum Gasteiger partial charge on any atom is -0.481 e. The van der Waals surface area contributed by atoms with Crippen molar-refractivity contribution in [1.29, 1.82) is 0 Å². The molecule has 0 aromatic heterocycles. The summed E-state index contributed by atoms with van der Waals surface area (Å²) in [6.45, 7) is 1.97. The molecule has 1 unspecified atom stereocenters. The van der Waals surface area contributed by atoms with Crippen molar-refractivity contribution >= 4 is 16.0 Å². The standard InChI is InChI=1S/C9H19NO5S/c1-3-4-8(7-9(11)12)10-16(13,14)6-5-15-2/h8,10H,3-7H2,1-2H3,(H,11,12). The van der Waals surface area contributed by atoms with Gasteiger partial charge in [-0.05, 0) is 6.42 Å². The van der Waals surface area contributed by atoms with Crippen molar-refractivity contribution in [3.8, 4) is 0 Å². The van der Waals surface area contributed by atoms with Crippen LogP contribution in [0.5, 0.6) is 0 Å². The Morgan fingerprint density at radius 1 is 1.50 bits per heavy atom. The largest absolute Gasteiger partial charge is 0.481 e. The Bertz CT molecular complexity index is 301. The van der Waals surface area contributed by atoms with Gasteiger partial charge in [-0.2, -0.15) is 0 Å². The Morgan fingerprint density at radius 3 is 2.56 bits per heavy atom. The van der Waals surface area contributed by atoms with E-state index < -0.39 is 22.0 Å².